The van der Waals surface area contributed by atoms with Gasteiger partial charge in [0.05, 0.1) is 6.10 Å². The number of H-pyrrole nitrogens is 1. The Morgan fingerprint density at radius 2 is 2.50 bits per heavy atom. The van der Waals surface area contributed by atoms with Crippen molar-refractivity contribution in [3.8, 4) is 0 Å². The maximum atomic E-state index is 11.1. The summed E-state index contributed by atoms with van der Waals surface area (Å²) in [6, 6.07) is 3.30. The van der Waals surface area contributed by atoms with Crippen LogP contribution in [0.1, 0.15) is 11.7 Å². The van der Waals surface area contributed by atoms with Crippen molar-refractivity contribution in [1.29, 1.82) is 0 Å². The Kier molecular flexibility index (Phi) is 3.01. The molecule has 4 nitrogen and oxygen atoms in total. The molecule has 0 saturated carbocycles. The summed E-state index contributed by atoms with van der Waals surface area (Å²) in [5, 5.41) is 12.2. The van der Waals surface area contributed by atoms with E-state index in [-0.39, 0.29) is 5.56 Å². The van der Waals surface area contributed by atoms with E-state index in [4.69, 9.17) is 0 Å². The van der Waals surface area contributed by atoms with Crippen LogP contribution in [0.2, 0.25) is 0 Å². The van der Waals surface area contributed by atoms with Crippen LogP contribution in [0.25, 0.3) is 0 Å². The highest BCUT2D eigenvalue weighted by molar-refractivity contribution is 5.12. The summed E-state index contributed by atoms with van der Waals surface area (Å²) in [6.07, 6.45) is 0.803. The third-order valence-electron chi connectivity index (χ3n) is 1.61. The standard InChI is InChI=1S/C8H12N2O2/c1-9-5-7(11)6-3-2-4-10-8(6)12/h2-4,7,9,11H,5H2,1H3,(H,10,12). The minimum Gasteiger partial charge on any atom is -0.387 e. The number of nitrogens with one attached hydrogen (secondary N) is 2. The van der Waals surface area contributed by atoms with Gasteiger partial charge in [0.15, 0.2) is 0 Å². The summed E-state index contributed by atoms with van der Waals surface area (Å²) in [7, 11) is 1.72. The zero-order valence-corrected chi connectivity index (χ0v) is 6.87. The van der Waals surface area contributed by atoms with Crippen molar-refractivity contribution in [2.75, 3.05) is 13.6 Å². The first kappa shape index (κ1) is 8.96. The second kappa shape index (κ2) is 4.04. The second-order valence-corrected chi connectivity index (χ2v) is 2.53. The normalized spacial score (nSPS) is 12.8. The Labute approximate surface area is 70.3 Å². The van der Waals surface area contributed by atoms with Crippen molar-refractivity contribution in [3.05, 3.63) is 34.2 Å². The van der Waals surface area contributed by atoms with Gasteiger partial charge in [0, 0.05) is 18.3 Å². The molecule has 0 fully saturated rings. The number of likely N-dealkylation sites (N-methyl/N-ethyl adjacent to an activating group) is 1. The van der Waals surface area contributed by atoms with Gasteiger partial charge < -0.3 is 15.4 Å². The highest BCUT2D eigenvalue weighted by atomic mass is 16.3. The van der Waals surface area contributed by atoms with Gasteiger partial charge in [-0.15, -0.1) is 0 Å². The van der Waals surface area contributed by atoms with Crippen molar-refractivity contribution in [3.63, 3.8) is 0 Å². The van der Waals surface area contributed by atoms with E-state index in [1.54, 1.807) is 19.2 Å². The van der Waals surface area contributed by atoms with E-state index in [1.807, 2.05) is 0 Å². The number of hydrogen-bond acceptors (Lipinski definition) is 3. The van der Waals surface area contributed by atoms with Crippen LogP contribution in [0.15, 0.2) is 23.1 Å². The molecule has 0 radical (unpaired) electrons. The molecule has 1 heterocycles. The maximum absolute atomic E-state index is 11.1. The number of aliphatic hydroxyl groups is 1. The summed E-state index contributed by atoms with van der Waals surface area (Å²) >= 11 is 0. The minimum atomic E-state index is -0.736. The third-order valence-corrected chi connectivity index (χ3v) is 1.61. The van der Waals surface area contributed by atoms with Crippen LogP contribution >= 0.6 is 0 Å². The van der Waals surface area contributed by atoms with Gasteiger partial charge in [-0.3, -0.25) is 4.79 Å². The lowest BCUT2D eigenvalue weighted by Crippen LogP contribution is -2.23. The molecule has 12 heavy (non-hydrogen) atoms. The summed E-state index contributed by atoms with van der Waals surface area (Å²) < 4.78 is 0. The van der Waals surface area contributed by atoms with Crippen molar-refractivity contribution in [1.82, 2.24) is 10.3 Å². The summed E-state index contributed by atoms with van der Waals surface area (Å²) in [5.41, 5.74) is 0.159. The maximum Gasteiger partial charge on any atom is 0.253 e. The molecule has 0 spiro atoms. The highest BCUT2D eigenvalue weighted by Gasteiger charge is 2.08. The topological polar surface area (TPSA) is 65.1 Å². The molecule has 1 aromatic heterocycles. The average molecular weight is 168 g/mol. The van der Waals surface area contributed by atoms with E-state index >= 15 is 0 Å². The van der Waals surface area contributed by atoms with Crippen LogP contribution < -0.4 is 10.9 Å². The second-order valence-electron chi connectivity index (χ2n) is 2.53. The van der Waals surface area contributed by atoms with Crippen molar-refractivity contribution < 1.29 is 5.11 Å². The first-order chi connectivity index (χ1) is 5.75. The first-order valence-electron chi connectivity index (χ1n) is 3.76. The molecule has 1 unspecified atom stereocenters. The molecule has 1 atom stereocenters. The van der Waals surface area contributed by atoms with E-state index in [1.165, 1.54) is 6.20 Å². The molecule has 0 saturated heterocycles. The summed E-state index contributed by atoms with van der Waals surface area (Å²) in [4.78, 5) is 13.6. The van der Waals surface area contributed by atoms with E-state index in [9.17, 15) is 9.90 Å². The van der Waals surface area contributed by atoms with Crippen molar-refractivity contribution >= 4 is 0 Å². The van der Waals surface area contributed by atoms with E-state index in [0.29, 0.717) is 12.1 Å². The number of pyridine rings is 1. The highest BCUT2D eigenvalue weighted by Crippen LogP contribution is 2.03. The Balaban J connectivity index is 2.87. The zero-order valence-electron chi connectivity index (χ0n) is 6.87. The molecular formula is C8H12N2O2. The number of aromatic nitrogens is 1. The fourth-order valence-corrected chi connectivity index (χ4v) is 1.00. The van der Waals surface area contributed by atoms with Crippen LogP contribution in [0.3, 0.4) is 0 Å². The Morgan fingerprint density at radius 1 is 1.75 bits per heavy atom. The van der Waals surface area contributed by atoms with Gasteiger partial charge >= 0.3 is 0 Å². The van der Waals surface area contributed by atoms with E-state index in [0.717, 1.165) is 0 Å². The number of hydrogen-bond donors (Lipinski definition) is 3. The van der Waals surface area contributed by atoms with Crippen molar-refractivity contribution in [2.24, 2.45) is 0 Å². The molecule has 1 rings (SSSR count). The first-order valence-corrected chi connectivity index (χ1v) is 3.76. The number of rotatable bonds is 3. The third kappa shape index (κ3) is 1.93. The molecule has 4 heteroatoms. The molecule has 3 N–H and O–H groups in total. The predicted octanol–water partition coefficient (Wildman–Crippen LogP) is -0.372. The number of aliphatic hydroxyl groups excluding tert-OH is 1. The van der Waals surface area contributed by atoms with Crippen LogP contribution in [0.5, 0.6) is 0 Å². The lowest BCUT2D eigenvalue weighted by molar-refractivity contribution is 0.176. The molecular weight excluding hydrogens is 156 g/mol. The molecule has 1 aromatic rings. The Bertz CT molecular complexity index is 295. The zero-order chi connectivity index (χ0) is 8.97. The monoisotopic (exact) mass is 168 g/mol. The SMILES string of the molecule is CNCC(O)c1ccc[nH]c1=O. The van der Waals surface area contributed by atoms with Gasteiger partial charge in [-0.25, -0.2) is 0 Å². The molecule has 0 aromatic carbocycles. The van der Waals surface area contributed by atoms with Crippen LogP contribution in [-0.2, 0) is 0 Å². The lowest BCUT2D eigenvalue weighted by Gasteiger charge is -2.07. The van der Waals surface area contributed by atoms with Gasteiger partial charge in [0.25, 0.3) is 5.56 Å². The van der Waals surface area contributed by atoms with Crippen molar-refractivity contribution in [2.45, 2.75) is 6.10 Å². The van der Waals surface area contributed by atoms with Gasteiger partial charge in [-0.2, -0.15) is 0 Å². The van der Waals surface area contributed by atoms with E-state index in [2.05, 4.69) is 10.3 Å². The Morgan fingerprint density at radius 3 is 3.08 bits per heavy atom. The van der Waals surface area contributed by atoms with E-state index < -0.39 is 6.10 Å². The van der Waals surface area contributed by atoms with Gasteiger partial charge in [0.1, 0.15) is 0 Å². The molecule has 66 valence electrons. The molecule has 0 aliphatic rings. The van der Waals surface area contributed by atoms with Gasteiger partial charge in [-0.1, -0.05) is 0 Å². The fourth-order valence-electron chi connectivity index (χ4n) is 1.00. The molecule has 0 amide bonds. The predicted molar refractivity (Wildman–Crippen MR) is 45.9 cm³/mol. The minimum absolute atomic E-state index is 0.236. The van der Waals surface area contributed by atoms with Crippen LogP contribution in [0, 0.1) is 0 Å². The molecule has 0 aliphatic heterocycles. The van der Waals surface area contributed by atoms with Crippen LogP contribution in [0.4, 0.5) is 0 Å². The number of aromatic amines is 1. The van der Waals surface area contributed by atoms with Gasteiger partial charge in [0.2, 0.25) is 0 Å². The molecule has 0 aliphatic carbocycles. The largest absolute Gasteiger partial charge is 0.387 e. The van der Waals surface area contributed by atoms with Gasteiger partial charge in [-0.05, 0) is 19.2 Å². The molecule has 0 bridgehead atoms. The summed E-state index contributed by atoms with van der Waals surface area (Å²) in [5.74, 6) is 0. The quantitative estimate of drug-likeness (QED) is 0.577. The lowest BCUT2D eigenvalue weighted by atomic mass is 10.1. The fraction of sp³-hybridized carbons (Fsp3) is 0.375. The Hall–Kier alpha value is -1.13. The smallest absolute Gasteiger partial charge is 0.253 e. The summed E-state index contributed by atoms with van der Waals surface area (Å²) in [6.45, 7) is 0.382. The van der Waals surface area contributed by atoms with Crippen LogP contribution in [-0.4, -0.2) is 23.7 Å². The average Bonchev–Trinajstić information content (AvgIpc) is 2.05.